The van der Waals surface area contributed by atoms with Gasteiger partial charge in [0.2, 0.25) is 17.7 Å². The molecule has 2 aliphatic rings. The summed E-state index contributed by atoms with van der Waals surface area (Å²) in [6, 6.07) is -0.351. The fourth-order valence-corrected chi connectivity index (χ4v) is 2.32. The van der Waals surface area contributed by atoms with Gasteiger partial charge in [0.15, 0.2) is 0 Å². The van der Waals surface area contributed by atoms with Crippen LogP contribution < -0.4 is 10.6 Å². The molecule has 6 nitrogen and oxygen atoms in total. The van der Waals surface area contributed by atoms with Gasteiger partial charge in [-0.1, -0.05) is 0 Å². The van der Waals surface area contributed by atoms with Gasteiger partial charge in [0.25, 0.3) is 0 Å². The van der Waals surface area contributed by atoms with Crippen LogP contribution in [-0.4, -0.2) is 48.3 Å². The van der Waals surface area contributed by atoms with Gasteiger partial charge in [0.1, 0.15) is 0 Å². The average Bonchev–Trinajstić information content (AvgIpc) is 3.13. The molecule has 0 spiro atoms. The summed E-state index contributed by atoms with van der Waals surface area (Å²) >= 11 is 0. The fraction of sp³-hybridized carbons (Fsp3) is 0.769. The van der Waals surface area contributed by atoms with Crippen LogP contribution in [0.2, 0.25) is 0 Å². The summed E-state index contributed by atoms with van der Waals surface area (Å²) in [4.78, 5) is 36.9. The highest BCUT2D eigenvalue weighted by molar-refractivity contribution is 6.06. The number of likely N-dealkylation sites (tertiary alicyclic amines) is 1. The first-order chi connectivity index (χ1) is 8.86. The van der Waals surface area contributed by atoms with Crippen molar-refractivity contribution in [3.8, 4) is 0 Å². The first kappa shape index (κ1) is 14.0. The van der Waals surface area contributed by atoms with Crippen LogP contribution in [0.4, 0.5) is 0 Å². The van der Waals surface area contributed by atoms with Crippen molar-refractivity contribution in [3.05, 3.63) is 0 Å². The van der Waals surface area contributed by atoms with Gasteiger partial charge < -0.3 is 10.6 Å². The lowest BCUT2D eigenvalue weighted by Crippen LogP contribution is -2.47. The number of rotatable bonds is 5. The number of imide groups is 1. The van der Waals surface area contributed by atoms with Gasteiger partial charge in [-0.15, -0.1) is 0 Å². The number of nitrogens with one attached hydrogen (secondary N) is 2. The number of hydrogen-bond acceptors (Lipinski definition) is 4. The normalized spacial score (nSPS) is 23.9. The second kappa shape index (κ2) is 4.92. The fourth-order valence-electron chi connectivity index (χ4n) is 2.32. The Hall–Kier alpha value is -1.43. The Kier molecular flexibility index (Phi) is 3.62. The highest BCUT2D eigenvalue weighted by Gasteiger charge is 2.46. The van der Waals surface area contributed by atoms with Gasteiger partial charge in [-0.3, -0.25) is 19.3 Å². The third-order valence-corrected chi connectivity index (χ3v) is 3.73. The first-order valence-electron chi connectivity index (χ1n) is 6.68. The number of carbonyl (C=O) groups is 3. The Balaban J connectivity index is 1.92. The molecule has 1 atom stereocenters. The number of hydrogen-bond donors (Lipinski definition) is 2. The standard InChI is InChI=1S/C13H21N3O3/c1-13(2,12(19)14-3)7-15-9-6-10(17)16(11(9)18)8-4-5-8/h8-9,15H,4-7H2,1-3H3,(H,14,19). The van der Waals surface area contributed by atoms with Gasteiger partial charge in [0.05, 0.1) is 17.9 Å². The summed E-state index contributed by atoms with van der Waals surface area (Å²) in [7, 11) is 1.59. The lowest BCUT2D eigenvalue weighted by molar-refractivity contribution is -0.139. The smallest absolute Gasteiger partial charge is 0.247 e. The molecule has 2 fully saturated rings. The Morgan fingerprint density at radius 2 is 2.00 bits per heavy atom. The Morgan fingerprint density at radius 1 is 1.37 bits per heavy atom. The lowest BCUT2D eigenvalue weighted by Gasteiger charge is -2.24. The first-order valence-corrected chi connectivity index (χ1v) is 6.68. The van der Waals surface area contributed by atoms with E-state index in [4.69, 9.17) is 0 Å². The van der Waals surface area contributed by atoms with Crippen LogP contribution >= 0.6 is 0 Å². The SMILES string of the molecule is CNC(=O)C(C)(C)CNC1CC(=O)N(C2CC2)C1=O. The zero-order chi connectivity index (χ0) is 14.2. The molecule has 0 radical (unpaired) electrons. The van der Waals surface area contributed by atoms with Crippen molar-refractivity contribution < 1.29 is 14.4 Å². The molecule has 2 rings (SSSR count). The molecule has 19 heavy (non-hydrogen) atoms. The van der Waals surface area contributed by atoms with Gasteiger partial charge >= 0.3 is 0 Å². The topological polar surface area (TPSA) is 78.5 Å². The van der Waals surface area contributed by atoms with Gasteiger partial charge in [0, 0.05) is 19.6 Å². The zero-order valence-electron chi connectivity index (χ0n) is 11.7. The monoisotopic (exact) mass is 267 g/mol. The second-order valence-corrected chi connectivity index (χ2v) is 5.93. The van der Waals surface area contributed by atoms with Crippen molar-refractivity contribution in [1.82, 2.24) is 15.5 Å². The molecule has 0 aromatic rings. The molecule has 3 amide bonds. The van der Waals surface area contributed by atoms with E-state index in [9.17, 15) is 14.4 Å². The lowest BCUT2D eigenvalue weighted by atomic mass is 9.92. The Morgan fingerprint density at radius 3 is 2.53 bits per heavy atom. The second-order valence-electron chi connectivity index (χ2n) is 5.93. The number of nitrogens with zero attached hydrogens (tertiary/aromatic N) is 1. The molecule has 0 aromatic heterocycles. The minimum absolute atomic E-state index is 0.0872. The summed E-state index contributed by atoms with van der Waals surface area (Å²) in [5.74, 6) is -0.321. The van der Waals surface area contributed by atoms with E-state index >= 15 is 0 Å². The van der Waals surface area contributed by atoms with Crippen molar-refractivity contribution in [1.29, 1.82) is 0 Å². The molecule has 1 aliphatic heterocycles. The molecule has 1 unspecified atom stereocenters. The summed E-state index contributed by atoms with van der Waals surface area (Å²) < 4.78 is 0. The van der Waals surface area contributed by atoms with Crippen LogP contribution in [0.15, 0.2) is 0 Å². The van der Waals surface area contributed by atoms with E-state index in [-0.39, 0.29) is 30.2 Å². The van der Waals surface area contributed by atoms with Gasteiger partial charge in [-0.25, -0.2) is 0 Å². The highest BCUT2D eigenvalue weighted by Crippen LogP contribution is 2.31. The van der Waals surface area contributed by atoms with Crippen molar-refractivity contribution in [2.45, 2.75) is 45.2 Å². The van der Waals surface area contributed by atoms with Crippen LogP contribution in [0.25, 0.3) is 0 Å². The van der Waals surface area contributed by atoms with Crippen LogP contribution in [0.1, 0.15) is 33.1 Å². The van der Waals surface area contributed by atoms with Crippen LogP contribution in [0.5, 0.6) is 0 Å². The maximum atomic E-state index is 12.1. The summed E-state index contributed by atoms with van der Waals surface area (Å²) in [6.45, 7) is 3.98. The van der Waals surface area contributed by atoms with Crippen LogP contribution in [0.3, 0.4) is 0 Å². The summed E-state index contributed by atoms with van der Waals surface area (Å²) in [5, 5.41) is 5.65. The van der Waals surface area contributed by atoms with Crippen LogP contribution in [-0.2, 0) is 14.4 Å². The van der Waals surface area contributed by atoms with E-state index in [1.807, 2.05) is 0 Å². The third kappa shape index (κ3) is 2.78. The van der Waals surface area contributed by atoms with Crippen molar-refractivity contribution in [3.63, 3.8) is 0 Å². The quantitative estimate of drug-likeness (QED) is 0.667. The molecule has 0 aromatic carbocycles. The van der Waals surface area contributed by atoms with E-state index in [0.29, 0.717) is 6.54 Å². The minimum Gasteiger partial charge on any atom is -0.359 e. The van der Waals surface area contributed by atoms with Gasteiger partial charge in [-0.2, -0.15) is 0 Å². The molecule has 1 heterocycles. The molecule has 0 bridgehead atoms. The van der Waals surface area contributed by atoms with E-state index in [1.165, 1.54) is 4.90 Å². The molecular formula is C13H21N3O3. The Bertz CT molecular complexity index is 415. The Labute approximate surface area is 112 Å². The summed E-state index contributed by atoms with van der Waals surface area (Å²) in [5.41, 5.74) is -0.606. The minimum atomic E-state index is -0.606. The highest BCUT2D eigenvalue weighted by atomic mass is 16.2. The van der Waals surface area contributed by atoms with Crippen LogP contribution in [0, 0.1) is 5.41 Å². The van der Waals surface area contributed by atoms with E-state index in [2.05, 4.69) is 10.6 Å². The third-order valence-electron chi connectivity index (χ3n) is 3.73. The molecule has 1 saturated heterocycles. The molecule has 6 heteroatoms. The summed E-state index contributed by atoms with van der Waals surface area (Å²) in [6.07, 6.45) is 2.06. The number of carbonyl (C=O) groups excluding carboxylic acids is 3. The maximum absolute atomic E-state index is 12.1. The molecule has 2 N–H and O–H groups in total. The largest absolute Gasteiger partial charge is 0.359 e. The molecule has 1 aliphatic carbocycles. The number of amides is 3. The predicted octanol–water partition coefficient (Wildman–Crippen LogP) is -0.362. The maximum Gasteiger partial charge on any atom is 0.247 e. The van der Waals surface area contributed by atoms with Crippen molar-refractivity contribution >= 4 is 17.7 Å². The molecule has 106 valence electrons. The van der Waals surface area contributed by atoms with Crippen molar-refractivity contribution in [2.24, 2.45) is 5.41 Å². The van der Waals surface area contributed by atoms with E-state index in [0.717, 1.165) is 12.8 Å². The average molecular weight is 267 g/mol. The zero-order valence-corrected chi connectivity index (χ0v) is 11.7. The van der Waals surface area contributed by atoms with E-state index in [1.54, 1.807) is 20.9 Å². The molecule has 1 saturated carbocycles. The van der Waals surface area contributed by atoms with Crippen molar-refractivity contribution in [2.75, 3.05) is 13.6 Å². The van der Waals surface area contributed by atoms with Gasteiger partial charge in [-0.05, 0) is 26.7 Å². The van der Waals surface area contributed by atoms with E-state index < -0.39 is 11.5 Å². The molecular weight excluding hydrogens is 246 g/mol. The predicted molar refractivity (Wildman–Crippen MR) is 69.1 cm³/mol.